The van der Waals surface area contributed by atoms with E-state index in [1.165, 1.54) is 4.90 Å². The van der Waals surface area contributed by atoms with Gasteiger partial charge in [-0.2, -0.15) is 0 Å². The summed E-state index contributed by atoms with van der Waals surface area (Å²) in [6.45, 7) is 0. The molecule has 0 spiro atoms. The normalized spacial score (nSPS) is 17.9. The maximum Gasteiger partial charge on any atom is 0.297 e. The highest BCUT2D eigenvalue weighted by Gasteiger charge is 2.47. The molecule has 100 valence electrons. The van der Waals surface area contributed by atoms with Gasteiger partial charge in [-0.1, -0.05) is 30.3 Å². The van der Waals surface area contributed by atoms with Crippen LogP contribution in [0, 0.1) is 0 Å². The van der Waals surface area contributed by atoms with Gasteiger partial charge >= 0.3 is 0 Å². The van der Waals surface area contributed by atoms with Crippen LogP contribution in [0.1, 0.15) is 11.6 Å². The molecule has 1 aliphatic rings. The number of carbonyl (C=O) groups excluding carboxylic acids is 2. The van der Waals surface area contributed by atoms with E-state index in [4.69, 9.17) is 4.74 Å². The Hall–Kier alpha value is -2.62. The number of hydrogen-bond donors (Lipinski definition) is 0. The Morgan fingerprint density at radius 1 is 0.950 bits per heavy atom. The van der Waals surface area contributed by atoms with Crippen LogP contribution < -0.4 is 9.64 Å². The van der Waals surface area contributed by atoms with Gasteiger partial charge in [0.05, 0.1) is 7.11 Å². The second-order valence-corrected chi connectivity index (χ2v) is 4.55. The van der Waals surface area contributed by atoms with E-state index < -0.39 is 11.9 Å². The Labute approximate surface area is 116 Å². The summed E-state index contributed by atoms with van der Waals surface area (Å²) in [4.78, 5) is 25.2. The van der Waals surface area contributed by atoms with Crippen LogP contribution in [0.3, 0.4) is 0 Å². The minimum Gasteiger partial charge on any atom is -0.497 e. The molecule has 4 heteroatoms. The molecule has 0 N–H and O–H groups in total. The molecule has 1 heterocycles. The number of Topliss-reactive ketones (excluding diaryl/α,β-unsaturated/α-hetero) is 1. The number of ether oxygens (including phenoxy) is 1. The first-order valence-electron chi connectivity index (χ1n) is 6.29. The van der Waals surface area contributed by atoms with Crippen molar-refractivity contribution in [3.63, 3.8) is 0 Å². The van der Waals surface area contributed by atoms with Gasteiger partial charge in [0, 0.05) is 5.69 Å². The van der Waals surface area contributed by atoms with Crippen molar-refractivity contribution in [2.24, 2.45) is 0 Å². The summed E-state index contributed by atoms with van der Waals surface area (Å²) in [6, 6.07) is 15.9. The van der Waals surface area contributed by atoms with E-state index in [9.17, 15) is 9.59 Å². The molecule has 1 fully saturated rings. The Bertz CT molecular complexity index is 649. The summed E-state index contributed by atoms with van der Waals surface area (Å²) in [7, 11) is 1.59. The number of hydrogen-bond acceptors (Lipinski definition) is 3. The maximum atomic E-state index is 11.9. The minimum absolute atomic E-state index is 0.376. The van der Waals surface area contributed by atoms with Crippen LogP contribution in [0.15, 0.2) is 54.6 Å². The first-order chi connectivity index (χ1) is 9.72. The van der Waals surface area contributed by atoms with Crippen LogP contribution >= 0.6 is 0 Å². The van der Waals surface area contributed by atoms with Gasteiger partial charge in [0.15, 0.2) is 0 Å². The van der Waals surface area contributed by atoms with E-state index in [-0.39, 0.29) is 5.78 Å². The van der Waals surface area contributed by atoms with Crippen LogP contribution in [-0.4, -0.2) is 18.8 Å². The third kappa shape index (κ3) is 1.86. The summed E-state index contributed by atoms with van der Waals surface area (Å²) in [5, 5.41) is 0. The number of methoxy groups -OCH3 is 1. The van der Waals surface area contributed by atoms with E-state index in [0.717, 1.165) is 17.0 Å². The van der Waals surface area contributed by atoms with Crippen LogP contribution in [0.25, 0.3) is 0 Å². The first-order valence-corrected chi connectivity index (χ1v) is 6.29. The third-order valence-corrected chi connectivity index (χ3v) is 3.40. The zero-order valence-electron chi connectivity index (χ0n) is 10.9. The quantitative estimate of drug-likeness (QED) is 0.633. The van der Waals surface area contributed by atoms with E-state index >= 15 is 0 Å². The van der Waals surface area contributed by atoms with Crippen LogP contribution in [0.5, 0.6) is 5.75 Å². The topological polar surface area (TPSA) is 46.6 Å². The molecule has 2 aromatic carbocycles. The smallest absolute Gasteiger partial charge is 0.297 e. The number of carbonyl (C=O) groups is 2. The fraction of sp³-hybridized carbons (Fsp3) is 0.125. The monoisotopic (exact) mass is 267 g/mol. The lowest BCUT2D eigenvalue weighted by Crippen LogP contribution is -2.56. The molecule has 2 aromatic rings. The molecule has 4 nitrogen and oxygen atoms in total. The van der Waals surface area contributed by atoms with Gasteiger partial charge in [0.25, 0.3) is 5.91 Å². The number of nitrogens with zero attached hydrogens (tertiary/aromatic N) is 1. The van der Waals surface area contributed by atoms with Crippen molar-refractivity contribution in [2.75, 3.05) is 12.0 Å². The molecule has 3 rings (SSSR count). The number of β-lactam (4-membered cyclic amide) rings is 1. The molecule has 20 heavy (non-hydrogen) atoms. The van der Waals surface area contributed by atoms with Crippen molar-refractivity contribution >= 4 is 17.4 Å². The van der Waals surface area contributed by atoms with Crippen molar-refractivity contribution in [1.29, 1.82) is 0 Å². The molecule has 1 saturated heterocycles. The highest BCUT2D eigenvalue weighted by Crippen LogP contribution is 2.36. The highest BCUT2D eigenvalue weighted by molar-refractivity contribution is 6.51. The van der Waals surface area contributed by atoms with Crippen molar-refractivity contribution in [2.45, 2.75) is 6.04 Å². The van der Waals surface area contributed by atoms with Crippen LogP contribution in [0.4, 0.5) is 5.69 Å². The molecule has 0 aliphatic carbocycles. The van der Waals surface area contributed by atoms with Gasteiger partial charge in [-0.25, -0.2) is 0 Å². The standard InChI is InChI=1S/C16H13NO3/c1-20-13-9-7-11(8-10-13)14-15(18)16(19)17(14)12-5-3-2-4-6-12/h2-10,14H,1H3/t14-/m1/s1. The van der Waals surface area contributed by atoms with Gasteiger partial charge in [-0.3, -0.25) is 14.5 Å². The molecule has 0 bridgehead atoms. The maximum absolute atomic E-state index is 11.9. The van der Waals surface area contributed by atoms with Gasteiger partial charge in [0.2, 0.25) is 5.78 Å². The summed E-state index contributed by atoms with van der Waals surface area (Å²) in [6.07, 6.45) is 0. The van der Waals surface area contributed by atoms with E-state index in [0.29, 0.717) is 0 Å². The Morgan fingerprint density at radius 3 is 2.20 bits per heavy atom. The van der Waals surface area contributed by atoms with Crippen molar-refractivity contribution in [1.82, 2.24) is 0 Å². The largest absolute Gasteiger partial charge is 0.497 e. The molecule has 0 unspecified atom stereocenters. The molecule has 0 saturated carbocycles. The predicted octanol–water partition coefficient (Wildman–Crippen LogP) is 2.35. The average Bonchev–Trinajstić information content (AvgIpc) is 2.52. The van der Waals surface area contributed by atoms with E-state index in [2.05, 4.69) is 0 Å². The molecule has 1 amide bonds. The van der Waals surface area contributed by atoms with Gasteiger partial charge in [0.1, 0.15) is 11.8 Å². The second kappa shape index (κ2) is 4.81. The number of rotatable bonds is 3. The molecule has 0 aromatic heterocycles. The summed E-state index contributed by atoms with van der Waals surface area (Å²) < 4.78 is 5.09. The van der Waals surface area contributed by atoms with Gasteiger partial charge in [-0.05, 0) is 29.8 Å². The van der Waals surface area contributed by atoms with Crippen molar-refractivity contribution < 1.29 is 14.3 Å². The first kappa shape index (κ1) is 12.4. The Morgan fingerprint density at radius 2 is 1.60 bits per heavy atom. The molecule has 1 atom stereocenters. The lowest BCUT2D eigenvalue weighted by atomic mass is 9.91. The van der Waals surface area contributed by atoms with E-state index in [1.54, 1.807) is 19.2 Å². The number of amides is 1. The van der Waals surface area contributed by atoms with Crippen molar-refractivity contribution in [3.05, 3.63) is 60.2 Å². The number of para-hydroxylation sites is 1. The Balaban J connectivity index is 1.94. The average molecular weight is 267 g/mol. The molecule has 0 radical (unpaired) electrons. The predicted molar refractivity (Wildman–Crippen MR) is 74.7 cm³/mol. The summed E-state index contributed by atoms with van der Waals surface area (Å²) in [5.41, 5.74) is 1.53. The molecular weight excluding hydrogens is 254 g/mol. The Kier molecular flexibility index (Phi) is 2.99. The number of benzene rings is 2. The van der Waals surface area contributed by atoms with Crippen LogP contribution in [-0.2, 0) is 9.59 Å². The fourth-order valence-corrected chi connectivity index (χ4v) is 2.35. The van der Waals surface area contributed by atoms with Crippen LogP contribution in [0.2, 0.25) is 0 Å². The summed E-state index contributed by atoms with van der Waals surface area (Å²) in [5.74, 6) is -0.117. The van der Waals surface area contributed by atoms with Gasteiger partial charge in [-0.15, -0.1) is 0 Å². The van der Waals surface area contributed by atoms with E-state index in [1.807, 2.05) is 42.5 Å². The highest BCUT2D eigenvalue weighted by atomic mass is 16.5. The van der Waals surface area contributed by atoms with Crippen molar-refractivity contribution in [3.8, 4) is 5.75 Å². The second-order valence-electron chi connectivity index (χ2n) is 4.55. The lowest BCUT2D eigenvalue weighted by molar-refractivity contribution is -0.143. The molecular formula is C16H13NO3. The molecule has 1 aliphatic heterocycles. The fourth-order valence-electron chi connectivity index (χ4n) is 2.35. The number of anilines is 1. The SMILES string of the molecule is COc1ccc([C@@H]2C(=O)C(=O)N2c2ccccc2)cc1. The minimum atomic E-state index is -0.532. The zero-order valence-corrected chi connectivity index (χ0v) is 10.9. The van der Waals surface area contributed by atoms with Gasteiger partial charge < -0.3 is 4.74 Å². The number of ketones is 1. The zero-order chi connectivity index (χ0) is 14.1. The summed E-state index contributed by atoms with van der Waals surface area (Å²) >= 11 is 0. The lowest BCUT2D eigenvalue weighted by Gasteiger charge is -2.38. The third-order valence-electron chi connectivity index (χ3n) is 3.40.